The summed E-state index contributed by atoms with van der Waals surface area (Å²) < 4.78 is 13.5. The SMILES string of the molecule is CCOC(C[n+]1c(CC)[nH]c2ccccc21)OCC. The van der Waals surface area contributed by atoms with Gasteiger partial charge in [-0.25, -0.2) is 9.55 Å². The number of aromatic amines is 1. The molecule has 4 heteroatoms. The van der Waals surface area contributed by atoms with Crippen molar-refractivity contribution >= 4 is 11.0 Å². The second-order valence-electron chi connectivity index (χ2n) is 4.39. The Kier molecular flexibility index (Phi) is 4.93. The van der Waals surface area contributed by atoms with E-state index in [0.29, 0.717) is 13.2 Å². The standard InChI is InChI=1S/C15H22N2O2/c1-4-14-16-12-9-7-8-10-13(12)17(14)11-15(18-5-2)19-6-3/h7-10,15H,4-6,11H2,1-3H3/p+1. The van der Waals surface area contributed by atoms with E-state index in [2.05, 4.69) is 34.7 Å². The quantitative estimate of drug-likeness (QED) is 0.615. The summed E-state index contributed by atoms with van der Waals surface area (Å²) in [6, 6.07) is 8.33. The van der Waals surface area contributed by atoms with E-state index < -0.39 is 0 Å². The van der Waals surface area contributed by atoms with Crippen LogP contribution in [0, 0.1) is 0 Å². The summed E-state index contributed by atoms with van der Waals surface area (Å²) in [5.41, 5.74) is 2.36. The van der Waals surface area contributed by atoms with E-state index in [0.717, 1.165) is 18.5 Å². The largest absolute Gasteiger partial charge is 0.349 e. The van der Waals surface area contributed by atoms with Crippen molar-refractivity contribution in [3.8, 4) is 0 Å². The summed E-state index contributed by atoms with van der Waals surface area (Å²) in [6.45, 7) is 8.18. The number of H-pyrrole nitrogens is 1. The van der Waals surface area contributed by atoms with Crippen molar-refractivity contribution in [3.63, 3.8) is 0 Å². The highest BCUT2D eigenvalue weighted by Gasteiger charge is 2.21. The van der Waals surface area contributed by atoms with Crippen molar-refractivity contribution in [3.05, 3.63) is 30.1 Å². The minimum Gasteiger partial charge on any atom is -0.349 e. The van der Waals surface area contributed by atoms with Crippen LogP contribution in [0.3, 0.4) is 0 Å². The molecule has 1 N–H and O–H groups in total. The molecule has 0 saturated heterocycles. The summed E-state index contributed by atoms with van der Waals surface area (Å²) in [4.78, 5) is 3.46. The lowest BCUT2D eigenvalue weighted by Gasteiger charge is -2.15. The first-order chi connectivity index (χ1) is 9.30. The number of rotatable bonds is 7. The molecule has 0 fully saturated rings. The van der Waals surface area contributed by atoms with E-state index in [-0.39, 0.29) is 6.29 Å². The van der Waals surface area contributed by atoms with Crippen molar-refractivity contribution < 1.29 is 14.0 Å². The van der Waals surface area contributed by atoms with E-state index in [9.17, 15) is 0 Å². The second kappa shape index (κ2) is 6.68. The molecule has 19 heavy (non-hydrogen) atoms. The third kappa shape index (κ3) is 3.14. The molecule has 1 aromatic carbocycles. The maximum atomic E-state index is 5.65. The van der Waals surface area contributed by atoms with E-state index in [1.165, 1.54) is 11.3 Å². The Labute approximate surface area is 114 Å². The molecule has 0 aliphatic rings. The van der Waals surface area contributed by atoms with Gasteiger partial charge in [-0.2, -0.15) is 0 Å². The highest BCUT2D eigenvalue weighted by molar-refractivity contribution is 5.70. The molecular formula is C15H23N2O2+. The van der Waals surface area contributed by atoms with Gasteiger partial charge in [0, 0.05) is 19.6 Å². The lowest BCUT2D eigenvalue weighted by molar-refractivity contribution is -0.693. The number of hydrogen-bond acceptors (Lipinski definition) is 2. The number of nitrogens with zero attached hydrogens (tertiary/aromatic N) is 1. The fourth-order valence-corrected chi connectivity index (χ4v) is 2.35. The smallest absolute Gasteiger partial charge is 0.255 e. The molecule has 2 rings (SSSR count). The van der Waals surface area contributed by atoms with Crippen molar-refractivity contribution in [2.24, 2.45) is 0 Å². The number of hydrogen-bond donors (Lipinski definition) is 1. The van der Waals surface area contributed by atoms with Crippen molar-refractivity contribution in [2.45, 2.75) is 40.0 Å². The number of benzene rings is 1. The first kappa shape index (κ1) is 14.0. The van der Waals surface area contributed by atoms with Crippen LogP contribution in [0.5, 0.6) is 0 Å². The normalized spacial score (nSPS) is 11.6. The highest BCUT2D eigenvalue weighted by atomic mass is 16.7. The Hall–Kier alpha value is -1.39. The van der Waals surface area contributed by atoms with Crippen molar-refractivity contribution in [1.29, 1.82) is 0 Å². The van der Waals surface area contributed by atoms with E-state index in [4.69, 9.17) is 9.47 Å². The van der Waals surface area contributed by atoms with Crippen LogP contribution in [0.1, 0.15) is 26.6 Å². The number of nitrogens with one attached hydrogen (secondary N) is 1. The Morgan fingerprint density at radius 2 is 1.79 bits per heavy atom. The summed E-state index contributed by atoms with van der Waals surface area (Å²) in [6.07, 6.45) is 0.768. The fourth-order valence-electron chi connectivity index (χ4n) is 2.35. The minimum absolute atomic E-state index is 0.190. The second-order valence-corrected chi connectivity index (χ2v) is 4.39. The number of aromatic nitrogens is 2. The molecule has 0 atom stereocenters. The molecule has 0 unspecified atom stereocenters. The first-order valence-electron chi connectivity index (χ1n) is 7.02. The van der Waals surface area contributed by atoms with Gasteiger partial charge in [0.1, 0.15) is 6.54 Å². The van der Waals surface area contributed by atoms with E-state index in [1.54, 1.807) is 0 Å². The summed E-state index contributed by atoms with van der Waals surface area (Å²) in [5, 5.41) is 0. The number of para-hydroxylation sites is 2. The van der Waals surface area contributed by atoms with Gasteiger partial charge in [0.05, 0.1) is 0 Å². The lowest BCUT2D eigenvalue weighted by atomic mass is 10.3. The zero-order valence-electron chi connectivity index (χ0n) is 12.0. The molecule has 104 valence electrons. The minimum atomic E-state index is -0.190. The Bertz CT molecular complexity index is 516. The van der Waals surface area contributed by atoms with Gasteiger partial charge < -0.3 is 9.47 Å². The van der Waals surface area contributed by atoms with Gasteiger partial charge in [0.2, 0.25) is 0 Å². The molecule has 0 saturated carbocycles. The van der Waals surface area contributed by atoms with Crippen LogP contribution in [0.25, 0.3) is 11.0 Å². The Morgan fingerprint density at radius 1 is 1.11 bits per heavy atom. The third-order valence-electron chi connectivity index (χ3n) is 3.17. The van der Waals surface area contributed by atoms with Gasteiger partial charge in [-0.15, -0.1) is 0 Å². The topological polar surface area (TPSA) is 38.1 Å². The number of aryl methyl sites for hydroxylation is 1. The molecule has 0 aliphatic carbocycles. The lowest BCUT2D eigenvalue weighted by Crippen LogP contribution is -2.44. The molecule has 0 radical (unpaired) electrons. The Balaban J connectivity index is 2.31. The van der Waals surface area contributed by atoms with Crippen LogP contribution in [-0.2, 0) is 22.4 Å². The maximum absolute atomic E-state index is 5.65. The zero-order chi connectivity index (χ0) is 13.7. The molecule has 0 aliphatic heterocycles. The fraction of sp³-hybridized carbons (Fsp3) is 0.533. The van der Waals surface area contributed by atoms with Crippen LogP contribution in [0.4, 0.5) is 0 Å². The molecule has 2 aromatic rings. The van der Waals surface area contributed by atoms with Gasteiger partial charge in [-0.1, -0.05) is 19.1 Å². The Morgan fingerprint density at radius 3 is 2.42 bits per heavy atom. The van der Waals surface area contributed by atoms with E-state index >= 15 is 0 Å². The van der Waals surface area contributed by atoms with Crippen LogP contribution in [0.2, 0.25) is 0 Å². The van der Waals surface area contributed by atoms with E-state index in [1.807, 2.05) is 19.9 Å². The first-order valence-corrected chi connectivity index (χ1v) is 7.02. The monoisotopic (exact) mass is 263 g/mol. The summed E-state index contributed by atoms with van der Waals surface area (Å²) in [7, 11) is 0. The van der Waals surface area contributed by atoms with Gasteiger partial charge >= 0.3 is 0 Å². The van der Waals surface area contributed by atoms with Gasteiger partial charge in [0.15, 0.2) is 17.3 Å². The maximum Gasteiger partial charge on any atom is 0.255 e. The molecule has 0 bridgehead atoms. The molecular weight excluding hydrogens is 240 g/mol. The van der Waals surface area contributed by atoms with Crippen LogP contribution in [-0.4, -0.2) is 24.5 Å². The van der Waals surface area contributed by atoms with Crippen LogP contribution >= 0.6 is 0 Å². The van der Waals surface area contributed by atoms with Gasteiger partial charge in [0.25, 0.3) is 5.82 Å². The predicted molar refractivity (Wildman–Crippen MR) is 74.9 cm³/mol. The molecule has 0 amide bonds. The summed E-state index contributed by atoms with van der Waals surface area (Å²) in [5.74, 6) is 1.20. The molecule has 1 aromatic heterocycles. The van der Waals surface area contributed by atoms with Crippen molar-refractivity contribution in [1.82, 2.24) is 4.98 Å². The summed E-state index contributed by atoms with van der Waals surface area (Å²) >= 11 is 0. The van der Waals surface area contributed by atoms with Gasteiger partial charge in [-0.3, -0.25) is 0 Å². The number of imidazole rings is 1. The predicted octanol–water partition coefficient (Wildman–Crippen LogP) is 2.42. The average molecular weight is 263 g/mol. The molecule has 1 heterocycles. The molecule has 4 nitrogen and oxygen atoms in total. The highest BCUT2D eigenvalue weighted by Crippen LogP contribution is 2.10. The number of ether oxygens (including phenoxy) is 2. The number of fused-ring (bicyclic) bond motifs is 1. The average Bonchev–Trinajstić information content (AvgIpc) is 2.78. The van der Waals surface area contributed by atoms with Crippen LogP contribution in [0.15, 0.2) is 24.3 Å². The van der Waals surface area contributed by atoms with Crippen molar-refractivity contribution in [2.75, 3.05) is 13.2 Å². The molecule has 0 spiro atoms. The van der Waals surface area contributed by atoms with Gasteiger partial charge in [-0.05, 0) is 26.0 Å². The van der Waals surface area contributed by atoms with Crippen LogP contribution < -0.4 is 4.57 Å². The zero-order valence-corrected chi connectivity index (χ0v) is 12.0. The third-order valence-corrected chi connectivity index (χ3v) is 3.17.